The fourth-order valence-electron chi connectivity index (χ4n) is 2.11. The van der Waals surface area contributed by atoms with E-state index in [9.17, 15) is 10.2 Å². The Hall–Kier alpha value is -0.120. The summed E-state index contributed by atoms with van der Waals surface area (Å²) < 4.78 is 5.50. The topological polar surface area (TPSA) is 49.7 Å². The van der Waals surface area contributed by atoms with E-state index >= 15 is 0 Å². The normalized spacial score (nSPS) is 25.4. The summed E-state index contributed by atoms with van der Waals surface area (Å²) in [7, 11) is 0. The molecule has 0 aliphatic carbocycles. The average Bonchev–Trinajstić information content (AvgIpc) is 2.71. The molecule has 0 bridgehead atoms. The summed E-state index contributed by atoms with van der Waals surface area (Å²) in [4.78, 5) is 0. The second-order valence-corrected chi connectivity index (χ2v) is 4.49. The second-order valence-electron chi connectivity index (χ2n) is 4.49. The molecule has 0 aromatic carbocycles. The van der Waals surface area contributed by atoms with Gasteiger partial charge in [-0.25, -0.2) is 0 Å². The lowest BCUT2D eigenvalue weighted by molar-refractivity contribution is 0.00552. The third kappa shape index (κ3) is 4.96. The van der Waals surface area contributed by atoms with E-state index in [-0.39, 0.29) is 0 Å². The molecule has 3 nitrogen and oxygen atoms in total. The quantitative estimate of drug-likeness (QED) is 0.683. The van der Waals surface area contributed by atoms with Crippen LogP contribution in [-0.4, -0.2) is 35.1 Å². The lowest BCUT2D eigenvalue weighted by Gasteiger charge is -2.17. The van der Waals surface area contributed by atoms with Gasteiger partial charge in [0.25, 0.3) is 0 Å². The summed E-state index contributed by atoms with van der Waals surface area (Å²) in [6.45, 7) is 2.91. The van der Waals surface area contributed by atoms with Gasteiger partial charge in [-0.3, -0.25) is 0 Å². The number of hydrogen-bond donors (Lipinski definition) is 2. The molecule has 1 aliphatic rings. The molecule has 0 aromatic heterocycles. The van der Waals surface area contributed by atoms with Crippen LogP contribution in [0.1, 0.15) is 51.9 Å². The van der Waals surface area contributed by atoms with Gasteiger partial charge >= 0.3 is 0 Å². The van der Waals surface area contributed by atoms with Gasteiger partial charge in [0.2, 0.25) is 0 Å². The van der Waals surface area contributed by atoms with Crippen LogP contribution in [0.2, 0.25) is 0 Å². The summed E-state index contributed by atoms with van der Waals surface area (Å²) in [5, 5.41) is 19.2. The Labute approximate surface area is 92.4 Å². The Morgan fingerprint density at radius 2 is 2.00 bits per heavy atom. The first kappa shape index (κ1) is 12.9. The van der Waals surface area contributed by atoms with E-state index in [1.807, 2.05) is 6.92 Å². The molecule has 3 heteroatoms. The second kappa shape index (κ2) is 7.20. The molecule has 1 heterocycles. The maximum Gasteiger partial charge on any atom is 0.0799 e. The zero-order valence-corrected chi connectivity index (χ0v) is 9.69. The van der Waals surface area contributed by atoms with Crippen LogP contribution in [-0.2, 0) is 4.74 Å². The highest BCUT2D eigenvalue weighted by atomic mass is 16.5. The summed E-state index contributed by atoms with van der Waals surface area (Å²) >= 11 is 0. The van der Waals surface area contributed by atoms with E-state index in [1.165, 1.54) is 6.42 Å². The molecule has 3 atom stereocenters. The third-order valence-electron chi connectivity index (χ3n) is 3.08. The number of ether oxygens (including phenoxy) is 1. The molecule has 2 N–H and O–H groups in total. The lowest BCUT2D eigenvalue weighted by atomic mass is 10.0. The van der Waals surface area contributed by atoms with Crippen molar-refractivity contribution in [3.63, 3.8) is 0 Å². The van der Waals surface area contributed by atoms with Gasteiger partial charge < -0.3 is 14.9 Å². The average molecular weight is 216 g/mol. The fourth-order valence-corrected chi connectivity index (χ4v) is 2.11. The van der Waals surface area contributed by atoms with E-state index in [0.717, 1.165) is 32.3 Å². The molecule has 0 spiro atoms. The summed E-state index contributed by atoms with van der Waals surface area (Å²) in [5.74, 6) is 0. The first-order valence-electron chi connectivity index (χ1n) is 6.21. The zero-order chi connectivity index (χ0) is 11.1. The molecule has 1 saturated heterocycles. The highest BCUT2D eigenvalue weighted by Gasteiger charge is 2.18. The Bertz CT molecular complexity index is 155. The largest absolute Gasteiger partial charge is 0.390 e. The number of aliphatic hydroxyl groups is 2. The van der Waals surface area contributed by atoms with Gasteiger partial charge in [-0.2, -0.15) is 0 Å². The standard InChI is InChI=1S/C12H24O3/c1-2-5-11(13)12(14)8-3-6-10-7-4-9-15-10/h10-14H,2-9H2,1H3. The molecule has 0 radical (unpaired) electrons. The van der Waals surface area contributed by atoms with E-state index in [1.54, 1.807) is 0 Å². The molecule has 15 heavy (non-hydrogen) atoms. The van der Waals surface area contributed by atoms with Crippen molar-refractivity contribution in [2.45, 2.75) is 70.2 Å². The molecular weight excluding hydrogens is 192 g/mol. The van der Waals surface area contributed by atoms with Crippen molar-refractivity contribution in [2.75, 3.05) is 6.61 Å². The Kier molecular flexibility index (Phi) is 6.22. The number of hydrogen-bond acceptors (Lipinski definition) is 3. The van der Waals surface area contributed by atoms with Crippen LogP contribution in [0.3, 0.4) is 0 Å². The van der Waals surface area contributed by atoms with Gasteiger partial charge in [-0.05, 0) is 38.5 Å². The predicted octanol–water partition coefficient (Wildman–Crippen LogP) is 1.86. The number of rotatable bonds is 7. The highest BCUT2D eigenvalue weighted by Crippen LogP contribution is 2.19. The van der Waals surface area contributed by atoms with Crippen LogP contribution < -0.4 is 0 Å². The zero-order valence-electron chi connectivity index (χ0n) is 9.69. The van der Waals surface area contributed by atoms with Crippen molar-refractivity contribution in [2.24, 2.45) is 0 Å². The minimum Gasteiger partial charge on any atom is -0.390 e. The first-order chi connectivity index (χ1) is 7.24. The van der Waals surface area contributed by atoms with Gasteiger partial charge in [0.1, 0.15) is 0 Å². The van der Waals surface area contributed by atoms with Crippen LogP contribution in [0.15, 0.2) is 0 Å². The minimum absolute atomic E-state index is 0.403. The third-order valence-corrected chi connectivity index (χ3v) is 3.08. The first-order valence-corrected chi connectivity index (χ1v) is 6.21. The summed E-state index contributed by atoms with van der Waals surface area (Å²) in [6, 6.07) is 0. The van der Waals surface area contributed by atoms with E-state index in [2.05, 4.69) is 0 Å². The lowest BCUT2D eigenvalue weighted by Crippen LogP contribution is -2.25. The molecular formula is C12H24O3. The Morgan fingerprint density at radius 3 is 2.60 bits per heavy atom. The van der Waals surface area contributed by atoms with E-state index in [0.29, 0.717) is 18.9 Å². The van der Waals surface area contributed by atoms with Crippen LogP contribution >= 0.6 is 0 Å². The molecule has 90 valence electrons. The minimum atomic E-state index is -0.550. The molecule has 1 fully saturated rings. The van der Waals surface area contributed by atoms with E-state index in [4.69, 9.17) is 4.74 Å². The van der Waals surface area contributed by atoms with Crippen LogP contribution in [0, 0.1) is 0 Å². The molecule has 3 unspecified atom stereocenters. The predicted molar refractivity (Wildman–Crippen MR) is 59.7 cm³/mol. The maximum atomic E-state index is 9.63. The smallest absolute Gasteiger partial charge is 0.0799 e. The number of aliphatic hydroxyl groups excluding tert-OH is 2. The van der Waals surface area contributed by atoms with Crippen molar-refractivity contribution in [3.05, 3.63) is 0 Å². The maximum absolute atomic E-state index is 9.63. The van der Waals surface area contributed by atoms with Crippen molar-refractivity contribution in [1.82, 2.24) is 0 Å². The SMILES string of the molecule is CCCC(O)C(O)CCCC1CCCO1. The Balaban J connectivity index is 2.02. The molecule has 0 amide bonds. The van der Waals surface area contributed by atoms with E-state index < -0.39 is 12.2 Å². The fraction of sp³-hybridized carbons (Fsp3) is 1.00. The van der Waals surface area contributed by atoms with Crippen molar-refractivity contribution < 1.29 is 14.9 Å². The molecule has 0 aromatic rings. The van der Waals surface area contributed by atoms with Crippen molar-refractivity contribution in [3.8, 4) is 0 Å². The highest BCUT2D eigenvalue weighted by molar-refractivity contribution is 4.69. The monoisotopic (exact) mass is 216 g/mol. The van der Waals surface area contributed by atoms with Gasteiger partial charge in [0, 0.05) is 6.61 Å². The summed E-state index contributed by atoms with van der Waals surface area (Å²) in [6.07, 6.45) is 5.93. The van der Waals surface area contributed by atoms with Gasteiger partial charge in [0.05, 0.1) is 18.3 Å². The molecule has 1 aliphatic heterocycles. The Morgan fingerprint density at radius 1 is 1.27 bits per heavy atom. The van der Waals surface area contributed by atoms with Gasteiger partial charge in [-0.1, -0.05) is 13.3 Å². The van der Waals surface area contributed by atoms with Gasteiger partial charge in [-0.15, -0.1) is 0 Å². The summed E-state index contributed by atoms with van der Waals surface area (Å²) in [5.41, 5.74) is 0. The molecule has 1 rings (SSSR count). The van der Waals surface area contributed by atoms with Gasteiger partial charge in [0.15, 0.2) is 0 Å². The van der Waals surface area contributed by atoms with Crippen LogP contribution in [0.25, 0.3) is 0 Å². The van der Waals surface area contributed by atoms with Crippen LogP contribution in [0.5, 0.6) is 0 Å². The van der Waals surface area contributed by atoms with Crippen LogP contribution in [0.4, 0.5) is 0 Å². The van der Waals surface area contributed by atoms with Crippen molar-refractivity contribution >= 4 is 0 Å². The molecule has 0 saturated carbocycles. The van der Waals surface area contributed by atoms with Crippen molar-refractivity contribution in [1.29, 1.82) is 0 Å².